The lowest BCUT2D eigenvalue weighted by Gasteiger charge is -2.36. The molecule has 0 aromatic heterocycles. The molecule has 2 rings (SSSR count). The van der Waals surface area contributed by atoms with Gasteiger partial charge in [-0.1, -0.05) is 12.5 Å². The third-order valence-corrected chi connectivity index (χ3v) is 3.73. The molecule has 0 saturated heterocycles. The number of carbonyl (C=O) groups excluding carboxylic acids is 1. The zero-order valence-electron chi connectivity index (χ0n) is 11.6. The van der Waals surface area contributed by atoms with Crippen LogP contribution in [0.4, 0.5) is 10.1 Å². The number of carboxylic acids is 1. The Hall–Kier alpha value is -2.11. The van der Waals surface area contributed by atoms with Gasteiger partial charge in [0.25, 0.3) is 0 Å². The molecule has 0 unspecified atom stereocenters. The largest absolute Gasteiger partial charge is 0.491 e. The molecule has 5 nitrogen and oxygen atoms in total. The van der Waals surface area contributed by atoms with Crippen molar-refractivity contribution < 1.29 is 23.8 Å². The SMILES string of the molecule is O=C(CC1(C(=O)O)CCC1)Nc1cccc(OCCF)c1. The fourth-order valence-corrected chi connectivity index (χ4v) is 2.40. The summed E-state index contributed by atoms with van der Waals surface area (Å²) in [4.78, 5) is 23.2. The van der Waals surface area contributed by atoms with Crippen molar-refractivity contribution in [1.82, 2.24) is 0 Å². The summed E-state index contributed by atoms with van der Waals surface area (Å²) in [7, 11) is 0. The topological polar surface area (TPSA) is 75.6 Å². The number of alkyl halides is 1. The van der Waals surface area contributed by atoms with Crippen LogP contribution in [0.1, 0.15) is 25.7 Å². The molecule has 0 atom stereocenters. The smallest absolute Gasteiger partial charge is 0.310 e. The monoisotopic (exact) mass is 295 g/mol. The van der Waals surface area contributed by atoms with Gasteiger partial charge < -0.3 is 15.2 Å². The minimum Gasteiger partial charge on any atom is -0.491 e. The van der Waals surface area contributed by atoms with Gasteiger partial charge in [0.05, 0.1) is 5.41 Å². The summed E-state index contributed by atoms with van der Waals surface area (Å²) in [6, 6.07) is 6.60. The molecular weight excluding hydrogens is 277 g/mol. The first-order valence-electron chi connectivity index (χ1n) is 6.88. The van der Waals surface area contributed by atoms with E-state index < -0.39 is 18.1 Å². The van der Waals surface area contributed by atoms with E-state index in [1.165, 1.54) is 0 Å². The minimum atomic E-state index is -0.913. The normalized spacial score (nSPS) is 15.9. The summed E-state index contributed by atoms with van der Waals surface area (Å²) in [5, 5.41) is 11.9. The molecule has 1 aliphatic rings. The number of halogens is 1. The van der Waals surface area contributed by atoms with Crippen molar-refractivity contribution >= 4 is 17.6 Å². The van der Waals surface area contributed by atoms with E-state index in [1.807, 2.05) is 0 Å². The highest BCUT2D eigenvalue weighted by Gasteiger charge is 2.45. The standard InChI is InChI=1S/C15H18FNO4/c16-7-8-21-12-4-1-3-11(9-12)17-13(18)10-15(14(19)20)5-2-6-15/h1,3-4,9H,2,5-8,10H2,(H,17,18)(H,19,20). The predicted molar refractivity (Wildman–Crippen MR) is 75.1 cm³/mol. The molecule has 1 aromatic carbocycles. The van der Waals surface area contributed by atoms with Crippen molar-refractivity contribution in [1.29, 1.82) is 0 Å². The number of aliphatic carboxylic acids is 1. The van der Waals surface area contributed by atoms with Gasteiger partial charge in [0.2, 0.25) is 5.91 Å². The lowest BCUT2D eigenvalue weighted by Crippen LogP contribution is -2.41. The van der Waals surface area contributed by atoms with Gasteiger partial charge in [-0.05, 0) is 25.0 Å². The maximum Gasteiger partial charge on any atom is 0.310 e. The van der Waals surface area contributed by atoms with Crippen LogP contribution in [0.25, 0.3) is 0 Å². The van der Waals surface area contributed by atoms with E-state index in [4.69, 9.17) is 4.74 Å². The van der Waals surface area contributed by atoms with Crippen molar-refractivity contribution in [2.75, 3.05) is 18.6 Å². The first kappa shape index (κ1) is 15.3. The second-order valence-electron chi connectivity index (χ2n) is 5.23. The van der Waals surface area contributed by atoms with Crippen molar-refractivity contribution in [3.8, 4) is 5.75 Å². The van der Waals surface area contributed by atoms with Crippen LogP contribution >= 0.6 is 0 Å². The van der Waals surface area contributed by atoms with Crippen LogP contribution in [0.5, 0.6) is 5.75 Å². The molecule has 1 aliphatic carbocycles. The summed E-state index contributed by atoms with van der Waals surface area (Å²) < 4.78 is 17.2. The van der Waals surface area contributed by atoms with Crippen LogP contribution in [-0.2, 0) is 9.59 Å². The van der Waals surface area contributed by atoms with Gasteiger partial charge in [-0.15, -0.1) is 0 Å². The van der Waals surface area contributed by atoms with Crippen LogP contribution in [0.15, 0.2) is 24.3 Å². The first-order valence-corrected chi connectivity index (χ1v) is 6.88. The lowest BCUT2D eigenvalue weighted by molar-refractivity contribution is -0.157. The fraction of sp³-hybridized carbons (Fsp3) is 0.467. The molecule has 21 heavy (non-hydrogen) atoms. The van der Waals surface area contributed by atoms with E-state index >= 15 is 0 Å². The Labute approximate surface area is 122 Å². The van der Waals surface area contributed by atoms with E-state index in [0.717, 1.165) is 6.42 Å². The molecule has 1 amide bonds. The van der Waals surface area contributed by atoms with Gasteiger partial charge in [0.15, 0.2) is 0 Å². The molecule has 1 saturated carbocycles. The maximum atomic E-state index is 12.0. The number of amides is 1. The van der Waals surface area contributed by atoms with Crippen LogP contribution < -0.4 is 10.1 Å². The number of carboxylic acid groups (broad SMARTS) is 1. The highest BCUT2D eigenvalue weighted by atomic mass is 19.1. The molecule has 1 fully saturated rings. The second-order valence-corrected chi connectivity index (χ2v) is 5.23. The molecule has 1 aromatic rings. The predicted octanol–water partition coefficient (Wildman–Crippen LogP) is 2.62. The van der Waals surface area contributed by atoms with Gasteiger partial charge in [-0.2, -0.15) is 0 Å². The van der Waals surface area contributed by atoms with Crippen LogP contribution in [-0.4, -0.2) is 30.3 Å². The molecule has 114 valence electrons. The minimum absolute atomic E-state index is 0.0299. The number of rotatable bonds is 7. The Morgan fingerprint density at radius 2 is 2.14 bits per heavy atom. The highest BCUT2D eigenvalue weighted by Crippen LogP contribution is 2.44. The number of hydrogen-bond donors (Lipinski definition) is 2. The summed E-state index contributed by atoms with van der Waals surface area (Å²) in [6.07, 6.45) is 1.88. The van der Waals surface area contributed by atoms with E-state index in [1.54, 1.807) is 24.3 Å². The quantitative estimate of drug-likeness (QED) is 0.810. The van der Waals surface area contributed by atoms with Gasteiger partial charge in [0.1, 0.15) is 19.0 Å². The van der Waals surface area contributed by atoms with Gasteiger partial charge in [-0.3, -0.25) is 9.59 Å². The molecule has 0 heterocycles. The van der Waals surface area contributed by atoms with Crippen molar-refractivity contribution in [3.63, 3.8) is 0 Å². The Kier molecular flexibility index (Phi) is 4.77. The molecule has 0 radical (unpaired) electrons. The van der Waals surface area contributed by atoms with Gasteiger partial charge >= 0.3 is 5.97 Å². The average molecular weight is 295 g/mol. The zero-order valence-corrected chi connectivity index (χ0v) is 11.6. The number of carbonyl (C=O) groups is 2. The number of hydrogen-bond acceptors (Lipinski definition) is 3. The highest BCUT2D eigenvalue weighted by molar-refractivity contribution is 5.94. The second kappa shape index (κ2) is 6.56. The summed E-state index contributed by atoms with van der Waals surface area (Å²) >= 11 is 0. The zero-order chi connectivity index (χ0) is 15.3. The summed E-state index contributed by atoms with van der Waals surface area (Å²) in [6.45, 7) is -0.628. The Morgan fingerprint density at radius 1 is 1.38 bits per heavy atom. The van der Waals surface area contributed by atoms with Crippen LogP contribution in [0.3, 0.4) is 0 Å². The van der Waals surface area contributed by atoms with Gasteiger partial charge in [-0.25, -0.2) is 4.39 Å². The Balaban J connectivity index is 1.95. The number of anilines is 1. The van der Waals surface area contributed by atoms with Crippen LogP contribution in [0.2, 0.25) is 0 Å². The summed E-state index contributed by atoms with van der Waals surface area (Å²) in [5.74, 6) is -0.786. The van der Waals surface area contributed by atoms with E-state index in [-0.39, 0.29) is 18.9 Å². The van der Waals surface area contributed by atoms with E-state index in [2.05, 4.69) is 5.32 Å². The fourth-order valence-electron chi connectivity index (χ4n) is 2.40. The number of nitrogens with one attached hydrogen (secondary N) is 1. The first-order chi connectivity index (χ1) is 10.1. The maximum absolute atomic E-state index is 12.0. The molecule has 2 N–H and O–H groups in total. The number of ether oxygens (including phenoxy) is 1. The molecule has 0 aliphatic heterocycles. The molecule has 6 heteroatoms. The van der Waals surface area contributed by atoms with Crippen molar-refractivity contribution in [2.45, 2.75) is 25.7 Å². The van der Waals surface area contributed by atoms with Crippen molar-refractivity contribution in [3.05, 3.63) is 24.3 Å². The van der Waals surface area contributed by atoms with E-state index in [9.17, 15) is 19.1 Å². The molecular formula is C15H18FNO4. The average Bonchev–Trinajstić information content (AvgIpc) is 2.40. The molecule has 0 spiro atoms. The third-order valence-electron chi connectivity index (χ3n) is 3.73. The Morgan fingerprint density at radius 3 is 2.71 bits per heavy atom. The Bertz CT molecular complexity index is 528. The van der Waals surface area contributed by atoms with Crippen LogP contribution in [0, 0.1) is 5.41 Å². The third kappa shape index (κ3) is 3.71. The van der Waals surface area contributed by atoms with Gasteiger partial charge in [0, 0.05) is 18.2 Å². The van der Waals surface area contributed by atoms with Crippen molar-refractivity contribution in [2.24, 2.45) is 5.41 Å². The summed E-state index contributed by atoms with van der Waals surface area (Å²) in [5.41, 5.74) is -0.400. The molecule has 0 bridgehead atoms. The number of benzene rings is 1. The van der Waals surface area contributed by atoms with E-state index in [0.29, 0.717) is 24.3 Å². The lowest BCUT2D eigenvalue weighted by atomic mass is 9.66.